The molecule has 4 atom stereocenters. The number of hydrogen-bond acceptors (Lipinski definition) is 1. The first-order valence-corrected chi connectivity index (χ1v) is 7.96. The van der Waals surface area contributed by atoms with Crippen LogP contribution in [0.15, 0.2) is 55.3 Å². The van der Waals surface area contributed by atoms with Gasteiger partial charge in [0.2, 0.25) is 0 Å². The maximum absolute atomic E-state index is 5.70. The van der Waals surface area contributed by atoms with E-state index < -0.39 is 0 Å². The zero-order valence-corrected chi connectivity index (χ0v) is 12.6. The van der Waals surface area contributed by atoms with E-state index in [1.54, 1.807) is 6.26 Å². The van der Waals surface area contributed by atoms with Crippen LogP contribution in [0.3, 0.4) is 0 Å². The van der Waals surface area contributed by atoms with E-state index in [1.165, 1.54) is 35.6 Å². The summed E-state index contributed by atoms with van der Waals surface area (Å²) in [5.74, 6) is 1.44. The summed E-state index contributed by atoms with van der Waals surface area (Å²) in [6, 6.07) is 15.7. The number of benzene rings is 2. The monoisotopic (exact) mass is 278 g/mol. The smallest absolute Gasteiger partial charge is 0.101 e. The number of ether oxygens (including phenoxy) is 1. The molecule has 0 aliphatic heterocycles. The first kappa shape index (κ1) is 12.9. The fourth-order valence-electron chi connectivity index (χ4n) is 4.72. The van der Waals surface area contributed by atoms with Crippen LogP contribution in [0.4, 0.5) is 0 Å². The highest BCUT2D eigenvalue weighted by Crippen LogP contribution is 2.57. The first-order valence-electron chi connectivity index (χ1n) is 7.96. The molecule has 21 heavy (non-hydrogen) atoms. The van der Waals surface area contributed by atoms with Crippen LogP contribution in [0.2, 0.25) is 0 Å². The second-order valence-corrected chi connectivity index (χ2v) is 6.95. The quantitative estimate of drug-likeness (QED) is 0.713. The van der Waals surface area contributed by atoms with Crippen LogP contribution in [0.1, 0.15) is 31.7 Å². The highest BCUT2D eigenvalue weighted by Gasteiger charge is 2.53. The molecule has 108 valence electrons. The maximum atomic E-state index is 5.70. The minimum Gasteiger partial charge on any atom is -0.498 e. The maximum Gasteiger partial charge on any atom is 0.101 e. The molecule has 2 fully saturated rings. The van der Waals surface area contributed by atoms with Crippen molar-refractivity contribution in [2.45, 2.75) is 37.7 Å². The molecular weight excluding hydrogens is 256 g/mol. The van der Waals surface area contributed by atoms with E-state index in [9.17, 15) is 0 Å². The lowest BCUT2D eigenvalue weighted by Gasteiger charge is -2.37. The molecule has 0 radical (unpaired) electrons. The Kier molecular flexibility index (Phi) is 2.85. The number of rotatable bonds is 3. The predicted octanol–water partition coefficient (Wildman–Crippen LogP) is 5.06. The van der Waals surface area contributed by atoms with E-state index in [1.807, 2.05) is 0 Å². The van der Waals surface area contributed by atoms with Gasteiger partial charge in [-0.15, -0.1) is 0 Å². The van der Waals surface area contributed by atoms with Gasteiger partial charge in [-0.3, -0.25) is 0 Å². The molecule has 2 aromatic carbocycles. The van der Waals surface area contributed by atoms with Gasteiger partial charge in [0.15, 0.2) is 0 Å². The molecule has 4 unspecified atom stereocenters. The average Bonchev–Trinajstić information content (AvgIpc) is 3.05. The summed E-state index contributed by atoms with van der Waals surface area (Å²) in [4.78, 5) is 0. The van der Waals surface area contributed by atoms with E-state index >= 15 is 0 Å². The second kappa shape index (κ2) is 4.62. The molecule has 0 aromatic heterocycles. The number of fused-ring (bicyclic) bond motifs is 3. The third kappa shape index (κ3) is 1.91. The third-order valence-corrected chi connectivity index (χ3v) is 5.90. The topological polar surface area (TPSA) is 9.23 Å². The number of hydrogen-bond donors (Lipinski definition) is 0. The molecule has 0 amide bonds. The SMILES string of the molecule is C=COC1CC2CC1CC2(C)c1ccc2ccccc2c1. The van der Waals surface area contributed by atoms with Gasteiger partial charge in [0.05, 0.1) is 6.26 Å². The van der Waals surface area contributed by atoms with Crippen molar-refractivity contribution in [3.05, 3.63) is 60.9 Å². The lowest BCUT2D eigenvalue weighted by atomic mass is 9.69. The predicted molar refractivity (Wildman–Crippen MR) is 87.2 cm³/mol. The highest BCUT2D eigenvalue weighted by atomic mass is 16.5. The largest absolute Gasteiger partial charge is 0.498 e. The van der Waals surface area contributed by atoms with Gasteiger partial charge in [-0.25, -0.2) is 0 Å². The van der Waals surface area contributed by atoms with Crippen LogP contribution in [0, 0.1) is 11.8 Å². The molecule has 0 heterocycles. The molecule has 1 nitrogen and oxygen atoms in total. The van der Waals surface area contributed by atoms with E-state index in [4.69, 9.17) is 4.74 Å². The van der Waals surface area contributed by atoms with Gasteiger partial charge in [0, 0.05) is 0 Å². The van der Waals surface area contributed by atoms with Gasteiger partial charge in [-0.2, -0.15) is 0 Å². The first-order chi connectivity index (χ1) is 10.2. The van der Waals surface area contributed by atoms with Crippen molar-refractivity contribution in [3.8, 4) is 0 Å². The summed E-state index contributed by atoms with van der Waals surface area (Å²) in [5, 5.41) is 2.69. The molecule has 4 rings (SSSR count). The highest BCUT2D eigenvalue weighted by molar-refractivity contribution is 5.83. The van der Waals surface area contributed by atoms with Crippen molar-refractivity contribution in [1.82, 2.24) is 0 Å². The lowest BCUT2D eigenvalue weighted by Crippen LogP contribution is -2.34. The average molecular weight is 278 g/mol. The Morgan fingerprint density at radius 1 is 1.14 bits per heavy atom. The standard InChI is InChI=1S/C20H22O/c1-3-21-19-12-18-11-16(19)13-20(18,2)17-9-8-14-6-4-5-7-15(14)10-17/h3-10,16,18-19H,1,11-13H2,2H3. The van der Waals surface area contributed by atoms with Gasteiger partial charge in [-0.05, 0) is 52.8 Å². The van der Waals surface area contributed by atoms with Crippen LogP contribution in [0.25, 0.3) is 10.8 Å². The second-order valence-electron chi connectivity index (χ2n) is 6.95. The normalized spacial score (nSPS) is 34.2. The summed E-state index contributed by atoms with van der Waals surface area (Å²) in [6.45, 7) is 6.16. The van der Waals surface area contributed by atoms with Gasteiger partial charge in [0.25, 0.3) is 0 Å². The Balaban J connectivity index is 1.68. The van der Waals surface area contributed by atoms with E-state index in [-0.39, 0.29) is 0 Å². The Hall–Kier alpha value is -1.76. The van der Waals surface area contributed by atoms with E-state index in [2.05, 4.69) is 56.0 Å². The van der Waals surface area contributed by atoms with Crippen molar-refractivity contribution >= 4 is 10.8 Å². The van der Waals surface area contributed by atoms with Crippen molar-refractivity contribution < 1.29 is 4.74 Å². The summed E-state index contributed by atoms with van der Waals surface area (Å²) in [6.07, 6.45) is 5.76. The summed E-state index contributed by atoms with van der Waals surface area (Å²) >= 11 is 0. The van der Waals surface area contributed by atoms with E-state index in [0.717, 1.165) is 5.92 Å². The van der Waals surface area contributed by atoms with Gasteiger partial charge in [0.1, 0.15) is 6.10 Å². The lowest BCUT2D eigenvalue weighted by molar-refractivity contribution is 0.0703. The molecule has 1 heteroatoms. The molecule has 2 aliphatic carbocycles. The molecule has 0 spiro atoms. The fourth-order valence-corrected chi connectivity index (χ4v) is 4.72. The molecule has 2 bridgehead atoms. The molecule has 0 saturated heterocycles. The van der Waals surface area contributed by atoms with Gasteiger partial charge < -0.3 is 4.74 Å². The van der Waals surface area contributed by atoms with Crippen LogP contribution in [0.5, 0.6) is 0 Å². The Bertz CT molecular complexity index is 689. The summed E-state index contributed by atoms with van der Waals surface area (Å²) < 4.78 is 5.70. The molecule has 2 aromatic rings. The molecule has 2 aliphatic rings. The Morgan fingerprint density at radius 2 is 1.95 bits per heavy atom. The zero-order chi connectivity index (χ0) is 14.4. The van der Waals surface area contributed by atoms with Gasteiger partial charge in [-0.1, -0.05) is 56.0 Å². The Morgan fingerprint density at radius 3 is 2.67 bits per heavy atom. The van der Waals surface area contributed by atoms with Crippen LogP contribution in [-0.4, -0.2) is 6.10 Å². The van der Waals surface area contributed by atoms with Crippen molar-refractivity contribution in [2.75, 3.05) is 0 Å². The van der Waals surface area contributed by atoms with Crippen LogP contribution < -0.4 is 0 Å². The van der Waals surface area contributed by atoms with E-state index in [0.29, 0.717) is 17.4 Å². The third-order valence-electron chi connectivity index (χ3n) is 5.90. The van der Waals surface area contributed by atoms with Crippen LogP contribution in [-0.2, 0) is 10.2 Å². The Labute approximate surface area is 126 Å². The fraction of sp³-hybridized carbons (Fsp3) is 0.400. The molecular formula is C20H22O. The minimum absolute atomic E-state index is 0.315. The van der Waals surface area contributed by atoms with Crippen molar-refractivity contribution in [3.63, 3.8) is 0 Å². The summed E-state index contributed by atoms with van der Waals surface area (Å²) in [5.41, 5.74) is 1.82. The molecule has 0 N–H and O–H groups in total. The molecule has 2 saturated carbocycles. The minimum atomic E-state index is 0.315. The van der Waals surface area contributed by atoms with Gasteiger partial charge >= 0.3 is 0 Å². The summed E-state index contributed by atoms with van der Waals surface area (Å²) in [7, 11) is 0. The van der Waals surface area contributed by atoms with Crippen molar-refractivity contribution in [1.29, 1.82) is 0 Å². The van der Waals surface area contributed by atoms with Crippen LogP contribution >= 0.6 is 0 Å². The van der Waals surface area contributed by atoms with Crippen molar-refractivity contribution in [2.24, 2.45) is 11.8 Å². The zero-order valence-electron chi connectivity index (χ0n) is 12.6.